The molecule has 0 aliphatic heterocycles. The van der Waals surface area contributed by atoms with Crippen molar-refractivity contribution in [2.24, 2.45) is 5.92 Å². The SMILES string of the molecule is CC(NCc1n[nH]nc1-c1ccccc1)C1CCCC1. The van der Waals surface area contributed by atoms with E-state index in [1.165, 1.54) is 25.7 Å². The Bertz CT molecular complexity index is 528. The van der Waals surface area contributed by atoms with Gasteiger partial charge in [0.1, 0.15) is 11.4 Å². The largest absolute Gasteiger partial charge is 0.308 e. The van der Waals surface area contributed by atoms with Crippen molar-refractivity contribution in [2.45, 2.75) is 45.2 Å². The van der Waals surface area contributed by atoms with Crippen LogP contribution in [0.5, 0.6) is 0 Å². The van der Waals surface area contributed by atoms with E-state index >= 15 is 0 Å². The Balaban J connectivity index is 1.65. The van der Waals surface area contributed by atoms with E-state index < -0.39 is 0 Å². The highest BCUT2D eigenvalue weighted by Crippen LogP contribution is 2.28. The van der Waals surface area contributed by atoms with E-state index in [-0.39, 0.29) is 0 Å². The van der Waals surface area contributed by atoms with Gasteiger partial charge >= 0.3 is 0 Å². The molecule has 1 aromatic heterocycles. The minimum atomic E-state index is 0.554. The first kappa shape index (κ1) is 13.3. The lowest BCUT2D eigenvalue weighted by molar-refractivity contribution is 0.379. The van der Waals surface area contributed by atoms with Gasteiger partial charge in [-0.2, -0.15) is 15.4 Å². The van der Waals surface area contributed by atoms with Crippen LogP contribution in [0.2, 0.25) is 0 Å². The molecule has 0 spiro atoms. The predicted molar refractivity (Wildman–Crippen MR) is 80.1 cm³/mol. The van der Waals surface area contributed by atoms with Gasteiger partial charge in [-0.25, -0.2) is 0 Å². The number of nitrogens with one attached hydrogen (secondary N) is 2. The van der Waals surface area contributed by atoms with Gasteiger partial charge in [-0.15, -0.1) is 0 Å². The Hall–Kier alpha value is -1.68. The van der Waals surface area contributed by atoms with Crippen molar-refractivity contribution in [1.82, 2.24) is 20.7 Å². The van der Waals surface area contributed by atoms with Crippen LogP contribution >= 0.6 is 0 Å². The first-order valence-corrected chi connectivity index (χ1v) is 7.53. The lowest BCUT2D eigenvalue weighted by atomic mass is 10.00. The van der Waals surface area contributed by atoms with Gasteiger partial charge in [-0.05, 0) is 25.7 Å². The van der Waals surface area contributed by atoms with Crippen molar-refractivity contribution in [3.8, 4) is 11.3 Å². The average molecular weight is 270 g/mol. The molecular formula is C16H22N4. The molecule has 4 heteroatoms. The van der Waals surface area contributed by atoms with Crippen molar-refractivity contribution in [3.63, 3.8) is 0 Å². The number of benzene rings is 1. The Kier molecular flexibility index (Phi) is 4.11. The molecule has 3 rings (SSSR count). The number of nitrogens with zero attached hydrogens (tertiary/aromatic N) is 2. The molecular weight excluding hydrogens is 248 g/mol. The standard InChI is InChI=1S/C16H22N4/c1-12(13-7-5-6-8-13)17-11-15-16(19-20-18-15)14-9-3-2-4-10-14/h2-4,9-10,12-13,17H,5-8,11H2,1H3,(H,18,19,20). The van der Waals surface area contributed by atoms with Gasteiger partial charge in [-0.1, -0.05) is 43.2 Å². The maximum absolute atomic E-state index is 4.29. The number of aromatic amines is 1. The van der Waals surface area contributed by atoms with E-state index in [2.05, 4.69) is 39.8 Å². The first-order valence-electron chi connectivity index (χ1n) is 7.53. The Morgan fingerprint density at radius 3 is 2.70 bits per heavy atom. The fraction of sp³-hybridized carbons (Fsp3) is 0.500. The van der Waals surface area contributed by atoms with Gasteiger partial charge in [0.25, 0.3) is 0 Å². The van der Waals surface area contributed by atoms with E-state index in [4.69, 9.17) is 0 Å². The summed E-state index contributed by atoms with van der Waals surface area (Å²) in [5.41, 5.74) is 3.07. The smallest absolute Gasteiger partial charge is 0.117 e. The van der Waals surface area contributed by atoms with Crippen LogP contribution in [0.25, 0.3) is 11.3 Å². The molecule has 1 aromatic carbocycles. The summed E-state index contributed by atoms with van der Waals surface area (Å²) in [5, 5.41) is 14.9. The number of hydrogen-bond donors (Lipinski definition) is 2. The maximum Gasteiger partial charge on any atom is 0.117 e. The Morgan fingerprint density at radius 1 is 1.20 bits per heavy atom. The van der Waals surface area contributed by atoms with Gasteiger partial charge in [0.05, 0.1) is 0 Å². The Morgan fingerprint density at radius 2 is 1.95 bits per heavy atom. The zero-order valence-corrected chi connectivity index (χ0v) is 12.0. The van der Waals surface area contributed by atoms with Crippen LogP contribution in [0.15, 0.2) is 30.3 Å². The number of aromatic nitrogens is 3. The third-order valence-electron chi connectivity index (χ3n) is 4.37. The van der Waals surface area contributed by atoms with E-state index in [0.29, 0.717) is 6.04 Å². The van der Waals surface area contributed by atoms with E-state index in [9.17, 15) is 0 Å². The van der Waals surface area contributed by atoms with Crippen molar-refractivity contribution in [1.29, 1.82) is 0 Å². The average Bonchev–Trinajstić information content (AvgIpc) is 3.17. The quantitative estimate of drug-likeness (QED) is 0.877. The summed E-state index contributed by atoms with van der Waals surface area (Å²) < 4.78 is 0. The third kappa shape index (κ3) is 2.90. The summed E-state index contributed by atoms with van der Waals surface area (Å²) in [6.45, 7) is 3.07. The van der Waals surface area contributed by atoms with Crippen LogP contribution < -0.4 is 5.32 Å². The number of H-pyrrole nitrogens is 1. The van der Waals surface area contributed by atoms with Gasteiger partial charge in [0, 0.05) is 18.2 Å². The van der Waals surface area contributed by atoms with Crippen molar-refractivity contribution in [2.75, 3.05) is 0 Å². The summed E-state index contributed by atoms with van der Waals surface area (Å²) in [6, 6.07) is 10.8. The predicted octanol–water partition coefficient (Wildman–Crippen LogP) is 3.14. The van der Waals surface area contributed by atoms with Gasteiger partial charge < -0.3 is 5.32 Å². The molecule has 4 nitrogen and oxygen atoms in total. The summed E-state index contributed by atoms with van der Waals surface area (Å²) >= 11 is 0. The molecule has 0 saturated heterocycles. The second-order valence-electron chi connectivity index (χ2n) is 5.70. The Labute approximate surface area is 120 Å². The fourth-order valence-electron chi connectivity index (χ4n) is 3.08. The third-order valence-corrected chi connectivity index (χ3v) is 4.37. The van der Waals surface area contributed by atoms with Crippen molar-refractivity contribution in [3.05, 3.63) is 36.0 Å². The summed E-state index contributed by atoms with van der Waals surface area (Å²) in [6.07, 6.45) is 5.49. The van der Waals surface area contributed by atoms with Gasteiger partial charge in [-0.3, -0.25) is 0 Å². The van der Waals surface area contributed by atoms with Crippen LogP contribution in [0.1, 0.15) is 38.3 Å². The second-order valence-corrected chi connectivity index (χ2v) is 5.70. The molecule has 1 unspecified atom stereocenters. The van der Waals surface area contributed by atoms with Gasteiger partial charge in [0.15, 0.2) is 0 Å². The normalized spacial score (nSPS) is 17.4. The molecule has 20 heavy (non-hydrogen) atoms. The molecule has 1 aliphatic carbocycles. The van der Waals surface area contributed by atoms with Crippen molar-refractivity contribution >= 4 is 0 Å². The maximum atomic E-state index is 4.29. The van der Waals surface area contributed by atoms with Crippen LogP contribution in [-0.4, -0.2) is 21.5 Å². The van der Waals surface area contributed by atoms with E-state index in [0.717, 1.165) is 29.4 Å². The molecule has 106 valence electrons. The summed E-state index contributed by atoms with van der Waals surface area (Å²) in [7, 11) is 0. The minimum Gasteiger partial charge on any atom is -0.308 e. The molecule has 2 aromatic rings. The molecule has 1 heterocycles. The monoisotopic (exact) mass is 270 g/mol. The fourth-order valence-corrected chi connectivity index (χ4v) is 3.08. The van der Waals surface area contributed by atoms with Gasteiger partial charge in [0.2, 0.25) is 0 Å². The molecule has 0 radical (unpaired) electrons. The molecule has 0 amide bonds. The highest BCUT2D eigenvalue weighted by Gasteiger charge is 2.21. The highest BCUT2D eigenvalue weighted by atomic mass is 15.3. The molecule has 1 aliphatic rings. The molecule has 2 N–H and O–H groups in total. The van der Waals surface area contributed by atoms with Crippen LogP contribution in [-0.2, 0) is 6.54 Å². The summed E-state index contributed by atoms with van der Waals surface area (Å²) in [4.78, 5) is 0. The topological polar surface area (TPSA) is 53.6 Å². The van der Waals surface area contributed by atoms with Crippen LogP contribution in [0.4, 0.5) is 0 Å². The molecule has 0 bridgehead atoms. The zero-order chi connectivity index (χ0) is 13.8. The van der Waals surface area contributed by atoms with Crippen LogP contribution in [0, 0.1) is 5.92 Å². The van der Waals surface area contributed by atoms with E-state index in [1.807, 2.05) is 18.2 Å². The molecule has 1 saturated carbocycles. The summed E-state index contributed by atoms with van der Waals surface area (Å²) in [5.74, 6) is 0.821. The van der Waals surface area contributed by atoms with Crippen molar-refractivity contribution < 1.29 is 0 Å². The highest BCUT2D eigenvalue weighted by molar-refractivity contribution is 5.60. The lowest BCUT2D eigenvalue weighted by Crippen LogP contribution is -2.32. The number of rotatable bonds is 5. The lowest BCUT2D eigenvalue weighted by Gasteiger charge is -2.19. The molecule has 1 fully saturated rings. The van der Waals surface area contributed by atoms with E-state index in [1.54, 1.807) is 0 Å². The zero-order valence-electron chi connectivity index (χ0n) is 12.0. The minimum absolute atomic E-state index is 0.554. The second kappa shape index (κ2) is 6.18. The molecule has 1 atom stereocenters. The first-order chi connectivity index (χ1) is 9.84. The number of hydrogen-bond acceptors (Lipinski definition) is 3. The van der Waals surface area contributed by atoms with Crippen LogP contribution in [0.3, 0.4) is 0 Å².